The lowest BCUT2D eigenvalue weighted by Gasteiger charge is -2.02. The predicted molar refractivity (Wildman–Crippen MR) is 47.4 cm³/mol. The average molecular weight is 207 g/mol. The van der Waals surface area contributed by atoms with Crippen LogP contribution in [0.3, 0.4) is 0 Å². The largest absolute Gasteiger partial charge is 0.231 e. The third-order valence-electron chi connectivity index (χ3n) is 1.43. The Morgan fingerprint density at radius 1 is 1.62 bits per heavy atom. The molecule has 1 rings (SSSR count). The van der Waals surface area contributed by atoms with Crippen molar-refractivity contribution in [2.24, 2.45) is 0 Å². The van der Waals surface area contributed by atoms with Crippen molar-refractivity contribution in [2.45, 2.75) is 13.5 Å². The van der Waals surface area contributed by atoms with Crippen molar-refractivity contribution >= 4 is 10.0 Å². The van der Waals surface area contributed by atoms with E-state index in [0.29, 0.717) is 13.1 Å². The number of rotatable bonds is 5. The molecule has 0 amide bonds. The number of nitrogens with zero attached hydrogens (tertiary/aromatic N) is 4. The summed E-state index contributed by atoms with van der Waals surface area (Å²) in [7, 11) is -3.10. The lowest BCUT2D eigenvalue weighted by molar-refractivity contribution is 0.553. The zero-order chi connectivity index (χ0) is 9.73. The lowest BCUT2D eigenvalue weighted by Crippen LogP contribution is -2.28. The van der Waals surface area contributed by atoms with Crippen molar-refractivity contribution in [1.82, 2.24) is 24.9 Å². The van der Waals surface area contributed by atoms with Gasteiger partial charge in [0.2, 0.25) is 10.0 Å². The average Bonchev–Trinajstić information content (AvgIpc) is 2.57. The molecule has 8 heteroatoms. The van der Waals surface area contributed by atoms with E-state index in [1.54, 1.807) is 6.92 Å². The summed E-state index contributed by atoms with van der Waals surface area (Å²) in [5.41, 5.74) is 0. The first kappa shape index (κ1) is 10.1. The van der Waals surface area contributed by atoms with Crippen LogP contribution in [0.25, 0.3) is 0 Å². The van der Waals surface area contributed by atoms with Crippen LogP contribution in [0.15, 0.2) is 6.33 Å². The topological polar surface area (TPSA) is 89.8 Å². The van der Waals surface area contributed by atoms with Crippen molar-refractivity contribution in [3.05, 3.63) is 6.33 Å². The molecule has 1 aromatic rings. The van der Waals surface area contributed by atoms with E-state index in [9.17, 15) is 8.42 Å². The van der Waals surface area contributed by atoms with Gasteiger partial charge in [-0.25, -0.2) is 17.8 Å². The summed E-state index contributed by atoms with van der Waals surface area (Å²) in [6.45, 7) is 2.33. The molecule has 0 bridgehead atoms. The molecule has 0 aliphatic heterocycles. The first-order chi connectivity index (χ1) is 6.14. The van der Waals surface area contributed by atoms with Crippen LogP contribution in [0.4, 0.5) is 0 Å². The Bertz CT molecular complexity index is 337. The van der Waals surface area contributed by atoms with Gasteiger partial charge in [-0.2, -0.15) is 0 Å². The molecule has 0 aliphatic carbocycles. The van der Waals surface area contributed by atoms with E-state index in [-0.39, 0.29) is 7.18 Å². The van der Waals surface area contributed by atoms with Crippen LogP contribution in [0.1, 0.15) is 8.35 Å². The van der Waals surface area contributed by atoms with Gasteiger partial charge >= 0.3 is 0 Å². The van der Waals surface area contributed by atoms with Crippen molar-refractivity contribution in [3.63, 3.8) is 0 Å². The predicted octanol–water partition coefficient (Wildman–Crippen LogP) is -1.14. The Hall–Kier alpha value is -1.02. The highest BCUT2D eigenvalue weighted by Gasteiger charge is 2.04. The number of hydrogen-bond acceptors (Lipinski definition) is 5. The second-order valence-electron chi connectivity index (χ2n) is 2.37. The number of tetrazole rings is 1. The minimum atomic E-state index is -3.10. The minimum absolute atomic E-state index is 0. The fourth-order valence-corrected chi connectivity index (χ4v) is 1.31. The molecule has 1 N–H and O–H groups in total. The zero-order valence-corrected chi connectivity index (χ0v) is 8.03. The van der Waals surface area contributed by atoms with Crippen LogP contribution in [-0.2, 0) is 16.6 Å². The molecule has 7 nitrogen and oxygen atoms in total. The van der Waals surface area contributed by atoms with Crippen LogP contribution in [0.5, 0.6) is 0 Å². The Balaban J connectivity index is 0.00000169. The first-order valence-electron chi connectivity index (χ1n) is 3.82. The summed E-state index contributed by atoms with van der Waals surface area (Å²) >= 11 is 0. The van der Waals surface area contributed by atoms with Gasteiger partial charge in [-0.1, -0.05) is 0 Å². The molecule has 13 heavy (non-hydrogen) atoms. The summed E-state index contributed by atoms with van der Waals surface area (Å²) in [5.74, 6) is 0.0859. The van der Waals surface area contributed by atoms with Gasteiger partial charge in [0.15, 0.2) is 0 Å². The van der Waals surface area contributed by atoms with Crippen LogP contribution >= 0.6 is 0 Å². The molecule has 0 saturated heterocycles. The van der Waals surface area contributed by atoms with Gasteiger partial charge < -0.3 is 0 Å². The van der Waals surface area contributed by atoms with Gasteiger partial charge in [-0.15, -0.1) is 5.10 Å². The highest BCUT2D eigenvalue weighted by molar-refractivity contribution is 7.89. The molecule has 1 heterocycles. The fourth-order valence-electron chi connectivity index (χ4n) is 0.700. The van der Waals surface area contributed by atoms with E-state index < -0.39 is 10.0 Å². The van der Waals surface area contributed by atoms with Gasteiger partial charge in [0.1, 0.15) is 6.33 Å². The summed E-state index contributed by atoms with van der Waals surface area (Å²) in [6.07, 6.45) is 1.43. The van der Waals surface area contributed by atoms with Crippen molar-refractivity contribution < 1.29 is 9.84 Å². The molecular formula is C5H13N5O2S. The lowest BCUT2D eigenvalue weighted by atomic mass is 10.7. The van der Waals surface area contributed by atoms with E-state index in [0.717, 1.165) is 0 Å². The molecule has 0 aliphatic rings. The van der Waals surface area contributed by atoms with Crippen molar-refractivity contribution in [1.29, 1.82) is 0 Å². The summed E-state index contributed by atoms with van der Waals surface area (Å²) in [4.78, 5) is 0. The second-order valence-corrected chi connectivity index (χ2v) is 4.47. The monoisotopic (exact) mass is 207 g/mol. The molecule has 1 aromatic heterocycles. The molecule has 0 unspecified atom stereocenters. The standard InChI is InChI=1S/C5H11N5O2S.H2/c1-2-13(11,12)7-3-4-10-5-6-8-9-10;/h5,7H,2-4H2,1H3;1H. The summed E-state index contributed by atoms with van der Waals surface area (Å²) < 4.78 is 25.8. The van der Waals surface area contributed by atoms with E-state index >= 15 is 0 Å². The molecule has 0 spiro atoms. The van der Waals surface area contributed by atoms with Crippen LogP contribution in [0, 0.1) is 0 Å². The van der Waals surface area contributed by atoms with Crippen molar-refractivity contribution in [2.75, 3.05) is 12.3 Å². The molecule has 0 saturated carbocycles. The quantitative estimate of drug-likeness (QED) is 0.659. The third-order valence-corrected chi connectivity index (χ3v) is 2.84. The van der Waals surface area contributed by atoms with Crippen LogP contribution < -0.4 is 4.72 Å². The molecule has 0 atom stereocenters. The van der Waals surface area contributed by atoms with Gasteiger partial charge in [-0.05, 0) is 17.4 Å². The number of nitrogens with one attached hydrogen (secondary N) is 1. The van der Waals surface area contributed by atoms with E-state index in [2.05, 4.69) is 20.2 Å². The zero-order valence-electron chi connectivity index (χ0n) is 7.21. The highest BCUT2D eigenvalue weighted by Crippen LogP contribution is 1.82. The maximum Gasteiger partial charge on any atom is 0.211 e. The molecule has 0 radical (unpaired) electrons. The van der Waals surface area contributed by atoms with Crippen LogP contribution in [-0.4, -0.2) is 40.9 Å². The molecule has 0 aromatic carbocycles. The first-order valence-corrected chi connectivity index (χ1v) is 5.47. The Morgan fingerprint density at radius 3 is 2.92 bits per heavy atom. The second kappa shape index (κ2) is 4.28. The number of sulfonamides is 1. The Labute approximate surface area is 77.7 Å². The normalized spacial score (nSPS) is 11.8. The molecule has 0 fully saturated rings. The van der Waals surface area contributed by atoms with Gasteiger partial charge in [0.05, 0.1) is 12.3 Å². The van der Waals surface area contributed by atoms with Gasteiger partial charge in [0.25, 0.3) is 0 Å². The maximum atomic E-state index is 11.0. The summed E-state index contributed by atoms with van der Waals surface area (Å²) in [5, 5.41) is 10.4. The maximum absolute atomic E-state index is 11.0. The van der Waals surface area contributed by atoms with Crippen molar-refractivity contribution in [3.8, 4) is 0 Å². The number of aromatic nitrogens is 4. The minimum Gasteiger partial charge on any atom is -0.231 e. The molecule has 76 valence electrons. The van der Waals surface area contributed by atoms with E-state index in [1.165, 1.54) is 11.0 Å². The molecular weight excluding hydrogens is 194 g/mol. The summed E-state index contributed by atoms with van der Waals surface area (Å²) in [6, 6.07) is 0. The van der Waals surface area contributed by atoms with Crippen LogP contribution in [0.2, 0.25) is 0 Å². The Morgan fingerprint density at radius 2 is 2.38 bits per heavy atom. The number of hydrogen-bond donors (Lipinski definition) is 1. The smallest absolute Gasteiger partial charge is 0.211 e. The van der Waals surface area contributed by atoms with E-state index in [4.69, 9.17) is 0 Å². The highest BCUT2D eigenvalue weighted by atomic mass is 32.2. The van der Waals surface area contributed by atoms with Gasteiger partial charge in [-0.3, -0.25) is 0 Å². The van der Waals surface area contributed by atoms with E-state index in [1.807, 2.05) is 0 Å². The van der Waals surface area contributed by atoms with Gasteiger partial charge in [0, 0.05) is 7.97 Å². The Kier molecular flexibility index (Phi) is 3.32. The SMILES string of the molecule is CCS(=O)(=O)NCCn1cnnn1.[HH]. The third kappa shape index (κ3) is 3.47. The fraction of sp³-hybridized carbons (Fsp3) is 0.800.